The Morgan fingerprint density at radius 3 is 2.62 bits per heavy atom. The Labute approximate surface area is 224 Å². The summed E-state index contributed by atoms with van der Waals surface area (Å²) in [6.07, 6.45) is 3.16. The molecule has 1 aliphatic rings. The highest BCUT2D eigenvalue weighted by atomic mass is 32.1. The molecule has 3 amide bonds. The van der Waals surface area contributed by atoms with Crippen LogP contribution in [0.25, 0.3) is 0 Å². The number of nitrogens with one attached hydrogen (secondary N) is 2. The van der Waals surface area contributed by atoms with Crippen molar-refractivity contribution in [3.63, 3.8) is 0 Å². The minimum atomic E-state index is -0.147. The van der Waals surface area contributed by atoms with Crippen LogP contribution in [0.4, 0.5) is 10.5 Å². The molecule has 0 saturated carbocycles. The van der Waals surface area contributed by atoms with Gasteiger partial charge in [-0.2, -0.15) is 0 Å². The van der Waals surface area contributed by atoms with Crippen LogP contribution in [0.1, 0.15) is 47.5 Å². The first-order valence-corrected chi connectivity index (χ1v) is 14.1. The van der Waals surface area contributed by atoms with Crippen molar-refractivity contribution in [1.29, 1.82) is 0 Å². The first-order valence-electron chi connectivity index (χ1n) is 13.2. The second kappa shape index (κ2) is 13.4. The smallest absolute Gasteiger partial charge is 0.322 e. The standard InChI is InChI=1S/C30H38N4O2S/c1-23(2)19-27-22-33(15-7-11-24-9-4-3-5-10-24)16-17-34(27)30(36)32-26-13-6-12-25(20-26)29(35)31-21-28-14-8-18-37-28/h3-6,8-10,12-14,18,20,23,27H,7,11,15-17,19,21-22H2,1-2H3,(H,31,35)(H,32,36). The van der Waals surface area contributed by atoms with Crippen LogP contribution in [0, 0.1) is 5.92 Å². The zero-order valence-electron chi connectivity index (χ0n) is 21.9. The molecule has 0 spiro atoms. The van der Waals surface area contributed by atoms with Crippen LogP contribution in [0.15, 0.2) is 72.1 Å². The summed E-state index contributed by atoms with van der Waals surface area (Å²) in [7, 11) is 0. The molecule has 1 aromatic heterocycles. The fraction of sp³-hybridized carbons (Fsp3) is 0.400. The topological polar surface area (TPSA) is 64.7 Å². The molecule has 196 valence electrons. The molecule has 2 heterocycles. The number of rotatable bonds is 10. The van der Waals surface area contributed by atoms with E-state index in [2.05, 4.69) is 59.7 Å². The molecule has 3 aromatic rings. The number of anilines is 1. The van der Waals surface area contributed by atoms with Gasteiger partial charge in [-0.25, -0.2) is 4.79 Å². The van der Waals surface area contributed by atoms with Gasteiger partial charge >= 0.3 is 6.03 Å². The molecule has 7 heteroatoms. The van der Waals surface area contributed by atoms with Gasteiger partial charge in [-0.3, -0.25) is 9.69 Å². The van der Waals surface area contributed by atoms with Crippen molar-refractivity contribution >= 4 is 29.0 Å². The van der Waals surface area contributed by atoms with Crippen LogP contribution in [0.5, 0.6) is 0 Å². The van der Waals surface area contributed by atoms with Gasteiger partial charge in [0, 0.05) is 41.8 Å². The summed E-state index contributed by atoms with van der Waals surface area (Å²) in [5, 5.41) is 7.99. The number of piperazine rings is 1. The second-order valence-electron chi connectivity index (χ2n) is 10.1. The van der Waals surface area contributed by atoms with Gasteiger partial charge in [0.2, 0.25) is 0 Å². The Hall–Kier alpha value is -3.16. The molecule has 0 aliphatic carbocycles. The van der Waals surface area contributed by atoms with E-state index in [4.69, 9.17) is 0 Å². The summed E-state index contributed by atoms with van der Waals surface area (Å²) in [5.41, 5.74) is 2.56. The van der Waals surface area contributed by atoms with Crippen LogP contribution in [0.3, 0.4) is 0 Å². The molecule has 2 aromatic carbocycles. The third-order valence-corrected chi connectivity index (χ3v) is 7.61. The Morgan fingerprint density at radius 2 is 1.86 bits per heavy atom. The summed E-state index contributed by atoms with van der Waals surface area (Å²) >= 11 is 1.61. The monoisotopic (exact) mass is 518 g/mol. The van der Waals surface area contributed by atoms with Crippen molar-refractivity contribution in [2.45, 2.75) is 45.7 Å². The van der Waals surface area contributed by atoms with Crippen LogP contribution in [-0.4, -0.2) is 54.0 Å². The van der Waals surface area contributed by atoms with Crippen molar-refractivity contribution in [2.24, 2.45) is 5.92 Å². The third kappa shape index (κ3) is 8.17. The van der Waals surface area contributed by atoms with Crippen LogP contribution < -0.4 is 10.6 Å². The molecule has 1 saturated heterocycles. The van der Waals surface area contributed by atoms with Gasteiger partial charge in [0.1, 0.15) is 0 Å². The third-order valence-electron chi connectivity index (χ3n) is 6.73. The SMILES string of the molecule is CC(C)CC1CN(CCCc2ccccc2)CCN1C(=O)Nc1cccc(C(=O)NCc2cccs2)c1. The second-order valence-corrected chi connectivity index (χ2v) is 11.2. The average Bonchev–Trinajstić information content (AvgIpc) is 3.42. The molecule has 0 bridgehead atoms. The highest BCUT2D eigenvalue weighted by Crippen LogP contribution is 2.20. The number of amides is 3. The molecule has 0 radical (unpaired) electrons. The molecule has 1 atom stereocenters. The van der Waals surface area contributed by atoms with Gasteiger partial charge in [0.15, 0.2) is 0 Å². The predicted octanol–water partition coefficient (Wildman–Crippen LogP) is 5.88. The zero-order chi connectivity index (χ0) is 26.0. The van der Waals surface area contributed by atoms with E-state index in [-0.39, 0.29) is 18.0 Å². The summed E-state index contributed by atoms with van der Waals surface area (Å²) in [5.74, 6) is 0.353. The molecule has 4 rings (SSSR count). The van der Waals surface area contributed by atoms with Crippen molar-refractivity contribution in [2.75, 3.05) is 31.5 Å². The number of aryl methyl sites for hydroxylation is 1. The number of benzene rings is 2. The first kappa shape index (κ1) is 26.9. The highest BCUT2D eigenvalue weighted by molar-refractivity contribution is 7.09. The van der Waals surface area contributed by atoms with Crippen molar-refractivity contribution in [1.82, 2.24) is 15.1 Å². The van der Waals surface area contributed by atoms with E-state index >= 15 is 0 Å². The lowest BCUT2D eigenvalue weighted by molar-refractivity contribution is 0.0890. The Morgan fingerprint density at radius 1 is 1.03 bits per heavy atom. The first-order chi connectivity index (χ1) is 18.0. The zero-order valence-corrected chi connectivity index (χ0v) is 22.7. The molecule has 1 unspecified atom stereocenters. The molecular formula is C30H38N4O2S. The fourth-order valence-electron chi connectivity index (χ4n) is 4.90. The molecule has 1 aliphatic heterocycles. The summed E-state index contributed by atoms with van der Waals surface area (Å²) in [6.45, 7) is 8.44. The maximum atomic E-state index is 13.3. The number of thiophene rings is 1. The summed E-state index contributed by atoms with van der Waals surface area (Å²) < 4.78 is 0. The van der Waals surface area contributed by atoms with Gasteiger partial charge in [0.25, 0.3) is 5.91 Å². The van der Waals surface area contributed by atoms with E-state index in [1.165, 1.54) is 5.56 Å². The largest absolute Gasteiger partial charge is 0.347 e. The van der Waals surface area contributed by atoms with E-state index in [0.717, 1.165) is 43.8 Å². The molecular weight excluding hydrogens is 480 g/mol. The average molecular weight is 519 g/mol. The predicted molar refractivity (Wildman–Crippen MR) is 152 cm³/mol. The summed E-state index contributed by atoms with van der Waals surface area (Å²) in [6, 6.07) is 21.8. The lowest BCUT2D eigenvalue weighted by Gasteiger charge is -2.42. The van der Waals surface area contributed by atoms with Gasteiger partial charge in [0.05, 0.1) is 6.54 Å². The Balaban J connectivity index is 1.32. The fourth-order valence-corrected chi connectivity index (χ4v) is 5.55. The highest BCUT2D eigenvalue weighted by Gasteiger charge is 2.30. The number of hydrogen-bond donors (Lipinski definition) is 2. The van der Waals surface area contributed by atoms with Crippen molar-refractivity contribution in [3.8, 4) is 0 Å². The van der Waals surface area contributed by atoms with E-state index in [9.17, 15) is 9.59 Å². The minimum Gasteiger partial charge on any atom is -0.347 e. The number of carbonyl (C=O) groups excluding carboxylic acids is 2. The normalized spacial score (nSPS) is 16.1. The van der Waals surface area contributed by atoms with Crippen LogP contribution >= 0.6 is 11.3 Å². The van der Waals surface area contributed by atoms with E-state index in [0.29, 0.717) is 30.3 Å². The Bertz CT molecular complexity index is 1130. The van der Waals surface area contributed by atoms with E-state index < -0.39 is 0 Å². The quantitative estimate of drug-likeness (QED) is 0.353. The maximum Gasteiger partial charge on any atom is 0.322 e. The van der Waals surface area contributed by atoms with Gasteiger partial charge in [-0.1, -0.05) is 56.3 Å². The maximum absolute atomic E-state index is 13.3. The van der Waals surface area contributed by atoms with E-state index in [1.54, 1.807) is 23.5 Å². The van der Waals surface area contributed by atoms with Gasteiger partial charge in [-0.05, 0) is 66.9 Å². The van der Waals surface area contributed by atoms with Gasteiger partial charge < -0.3 is 15.5 Å². The lowest BCUT2D eigenvalue weighted by Crippen LogP contribution is -2.56. The molecule has 2 N–H and O–H groups in total. The van der Waals surface area contributed by atoms with Crippen LogP contribution in [0.2, 0.25) is 0 Å². The lowest BCUT2D eigenvalue weighted by atomic mass is 10.00. The van der Waals surface area contributed by atoms with Gasteiger partial charge in [-0.15, -0.1) is 11.3 Å². The molecule has 37 heavy (non-hydrogen) atoms. The van der Waals surface area contributed by atoms with Crippen molar-refractivity contribution < 1.29 is 9.59 Å². The number of hydrogen-bond acceptors (Lipinski definition) is 4. The van der Waals surface area contributed by atoms with Crippen LogP contribution in [-0.2, 0) is 13.0 Å². The van der Waals surface area contributed by atoms with Crippen molar-refractivity contribution in [3.05, 3.63) is 88.1 Å². The Kier molecular flexibility index (Phi) is 9.74. The summed E-state index contributed by atoms with van der Waals surface area (Å²) in [4.78, 5) is 31.5. The number of urea groups is 1. The van der Waals surface area contributed by atoms with E-state index in [1.807, 2.05) is 34.5 Å². The minimum absolute atomic E-state index is 0.0919. The number of carbonyl (C=O) groups is 2. The molecule has 1 fully saturated rings. The molecule has 6 nitrogen and oxygen atoms in total. The number of nitrogens with zero attached hydrogens (tertiary/aromatic N) is 2.